The molecule has 1 aromatic carbocycles. The number of carbonyl (C=O) groups excluding carboxylic acids is 1. The number of hydrogen-bond donors (Lipinski definition) is 2. The number of hydrogen-bond acceptors (Lipinski definition) is 2. The molecular formula is C11H13N3O. The van der Waals surface area contributed by atoms with Gasteiger partial charge in [0.25, 0.3) is 0 Å². The van der Waals surface area contributed by atoms with Crippen molar-refractivity contribution in [2.24, 2.45) is 0 Å². The van der Waals surface area contributed by atoms with E-state index in [1.807, 2.05) is 19.9 Å². The molecule has 0 aliphatic heterocycles. The summed E-state index contributed by atoms with van der Waals surface area (Å²) < 4.78 is 0. The van der Waals surface area contributed by atoms with Crippen molar-refractivity contribution < 1.29 is 4.79 Å². The van der Waals surface area contributed by atoms with Crippen molar-refractivity contribution in [3.63, 3.8) is 0 Å². The van der Waals surface area contributed by atoms with Crippen LogP contribution in [0.2, 0.25) is 0 Å². The highest BCUT2D eigenvalue weighted by Crippen LogP contribution is 2.17. The van der Waals surface area contributed by atoms with Gasteiger partial charge in [0, 0.05) is 6.54 Å². The number of rotatable bonds is 2. The van der Waals surface area contributed by atoms with Crippen molar-refractivity contribution in [1.29, 1.82) is 5.26 Å². The number of nitrogens with one attached hydrogen (secondary N) is 2. The minimum absolute atomic E-state index is 0.292. The molecule has 15 heavy (non-hydrogen) atoms. The minimum Gasteiger partial charge on any atom is -0.338 e. The number of urea groups is 1. The lowest BCUT2D eigenvalue weighted by molar-refractivity contribution is 0.252. The Morgan fingerprint density at radius 1 is 1.53 bits per heavy atom. The minimum atomic E-state index is -0.292. The van der Waals surface area contributed by atoms with Crippen LogP contribution in [-0.2, 0) is 0 Å². The van der Waals surface area contributed by atoms with E-state index in [9.17, 15) is 4.79 Å². The highest BCUT2D eigenvalue weighted by molar-refractivity contribution is 5.90. The summed E-state index contributed by atoms with van der Waals surface area (Å²) in [5.74, 6) is 0. The molecule has 0 fully saturated rings. The highest BCUT2D eigenvalue weighted by atomic mass is 16.2. The van der Waals surface area contributed by atoms with Gasteiger partial charge in [-0.25, -0.2) is 4.79 Å². The van der Waals surface area contributed by atoms with Crippen LogP contribution >= 0.6 is 0 Å². The maximum absolute atomic E-state index is 11.3. The van der Waals surface area contributed by atoms with Crippen molar-refractivity contribution in [3.05, 3.63) is 29.3 Å². The molecule has 0 radical (unpaired) electrons. The number of anilines is 1. The van der Waals surface area contributed by atoms with Gasteiger partial charge in [-0.2, -0.15) is 5.26 Å². The van der Waals surface area contributed by atoms with Crippen LogP contribution in [0.1, 0.15) is 18.1 Å². The van der Waals surface area contributed by atoms with Gasteiger partial charge in [0.15, 0.2) is 0 Å². The number of nitrogens with zero attached hydrogens (tertiary/aromatic N) is 1. The van der Waals surface area contributed by atoms with E-state index in [4.69, 9.17) is 5.26 Å². The summed E-state index contributed by atoms with van der Waals surface area (Å²) in [7, 11) is 0. The molecule has 0 atom stereocenters. The van der Waals surface area contributed by atoms with E-state index in [2.05, 4.69) is 16.7 Å². The van der Waals surface area contributed by atoms with Gasteiger partial charge in [-0.1, -0.05) is 12.1 Å². The predicted molar refractivity (Wildman–Crippen MR) is 58.6 cm³/mol. The lowest BCUT2D eigenvalue weighted by Gasteiger charge is -2.08. The van der Waals surface area contributed by atoms with Gasteiger partial charge < -0.3 is 10.6 Å². The predicted octanol–water partition coefficient (Wildman–Crippen LogP) is 2.01. The highest BCUT2D eigenvalue weighted by Gasteiger charge is 2.06. The number of benzene rings is 1. The Morgan fingerprint density at radius 2 is 2.27 bits per heavy atom. The SMILES string of the molecule is CCNC(=O)Nc1cccc(C)c1C#N. The fraction of sp³-hybridized carbons (Fsp3) is 0.273. The first-order chi connectivity index (χ1) is 7.19. The zero-order valence-corrected chi connectivity index (χ0v) is 8.79. The van der Waals surface area contributed by atoms with Crippen LogP contribution in [0.3, 0.4) is 0 Å². The second kappa shape index (κ2) is 5.01. The first-order valence-electron chi connectivity index (χ1n) is 4.73. The van der Waals surface area contributed by atoms with Crippen LogP contribution in [0.15, 0.2) is 18.2 Å². The van der Waals surface area contributed by atoms with Gasteiger partial charge in [0.05, 0.1) is 11.3 Å². The topological polar surface area (TPSA) is 64.9 Å². The second-order valence-electron chi connectivity index (χ2n) is 3.09. The summed E-state index contributed by atoms with van der Waals surface area (Å²) >= 11 is 0. The van der Waals surface area contributed by atoms with E-state index in [1.165, 1.54) is 0 Å². The van der Waals surface area contributed by atoms with Crippen molar-refractivity contribution in [1.82, 2.24) is 5.32 Å². The van der Waals surface area contributed by atoms with Crippen molar-refractivity contribution in [2.75, 3.05) is 11.9 Å². The van der Waals surface area contributed by atoms with Crippen LogP contribution < -0.4 is 10.6 Å². The molecule has 4 nitrogen and oxygen atoms in total. The molecule has 1 rings (SSSR count). The Bertz CT molecular complexity index is 407. The standard InChI is InChI=1S/C11H13N3O/c1-3-13-11(15)14-10-6-4-5-8(2)9(10)7-12/h4-6H,3H2,1-2H3,(H2,13,14,15). The normalized spacial score (nSPS) is 9.13. The zero-order chi connectivity index (χ0) is 11.3. The first-order valence-corrected chi connectivity index (χ1v) is 4.73. The van der Waals surface area contributed by atoms with E-state index in [1.54, 1.807) is 12.1 Å². The van der Waals surface area contributed by atoms with Crippen molar-refractivity contribution in [3.8, 4) is 6.07 Å². The Balaban J connectivity index is 2.91. The van der Waals surface area contributed by atoms with Gasteiger partial charge in [0.1, 0.15) is 6.07 Å². The summed E-state index contributed by atoms with van der Waals surface area (Å²) in [6.07, 6.45) is 0. The number of carbonyl (C=O) groups is 1. The van der Waals surface area contributed by atoms with Crippen LogP contribution in [0.4, 0.5) is 10.5 Å². The fourth-order valence-corrected chi connectivity index (χ4v) is 1.25. The smallest absolute Gasteiger partial charge is 0.319 e. The molecule has 0 saturated carbocycles. The Kier molecular flexibility index (Phi) is 3.69. The summed E-state index contributed by atoms with van der Waals surface area (Å²) in [4.78, 5) is 11.3. The monoisotopic (exact) mass is 203 g/mol. The first kappa shape index (κ1) is 11.1. The van der Waals surface area contributed by atoms with E-state index < -0.39 is 0 Å². The molecule has 0 unspecified atom stereocenters. The zero-order valence-electron chi connectivity index (χ0n) is 8.79. The maximum atomic E-state index is 11.3. The molecule has 0 aromatic heterocycles. The van der Waals surface area contributed by atoms with E-state index in [0.717, 1.165) is 5.56 Å². The van der Waals surface area contributed by atoms with Crippen LogP contribution in [0, 0.1) is 18.3 Å². The third-order valence-corrected chi connectivity index (χ3v) is 1.97. The molecule has 0 saturated heterocycles. The second-order valence-corrected chi connectivity index (χ2v) is 3.09. The number of amides is 2. The maximum Gasteiger partial charge on any atom is 0.319 e. The van der Waals surface area contributed by atoms with Crippen LogP contribution in [0.5, 0.6) is 0 Å². The Hall–Kier alpha value is -2.02. The fourth-order valence-electron chi connectivity index (χ4n) is 1.25. The number of aryl methyl sites for hydroxylation is 1. The molecule has 2 amide bonds. The van der Waals surface area contributed by atoms with Gasteiger partial charge in [-0.3, -0.25) is 0 Å². The van der Waals surface area contributed by atoms with E-state index >= 15 is 0 Å². The van der Waals surface area contributed by atoms with Gasteiger partial charge in [-0.15, -0.1) is 0 Å². The van der Waals surface area contributed by atoms with Crippen LogP contribution in [-0.4, -0.2) is 12.6 Å². The average molecular weight is 203 g/mol. The molecular weight excluding hydrogens is 190 g/mol. The lowest BCUT2D eigenvalue weighted by atomic mass is 10.1. The van der Waals surface area contributed by atoms with Crippen LogP contribution in [0.25, 0.3) is 0 Å². The third kappa shape index (κ3) is 2.71. The molecule has 4 heteroatoms. The largest absolute Gasteiger partial charge is 0.338 e. The molecule has 2 N–H and O–H groups in total. The summed E-state index contributed by atoms with van der Waals surface area (Å²) in [6, 6.07) is 7.12. The van der Waals surface area contributed by atoms with E-state index in [0.29, 0.717) is 17.8 Å². The molecule has 0 spiro atoms. The number of nitriles is 1. The molecule has 0 aliphatic rings. The summed E-state index contributed by atoms with van der Waals surface area (Å²) in [5, 5.41) is 14.2. The molecule has 0 heterocycles. The molecule has 0 bridgehead atoms. The Morgan fingerprint density at radius 3 is 2.87 bits per heavy atom. The Labute approximate surface area is 88.9 Å². The summed E-state index contributed by atoms with van der Waals surface area (Å²) in [6.45, 7) is 4.22. The quantitative estimate of drug-likeness (QED) is 0.772. The molecule has 0 aliphatic carbocycles. The van der Waals surface area contributed by atoms with Gasteiger partial charge in [0.2, 0.25) is 0 Å². The summed E-state index contributed by atoms with van der Waals surface area (Å²) in [5.41, 5.74) is 1.90. The van der Waals surface area contributed by atoms with Gasteiger partial charge >= 0.3 is 6.03 Å². The molecule has 1 aromatic rings. The van der Waals surface area contributed by atoms with Crippen molar-refractivity contribution >= 4 is 11.7 Å². The molecule has 78 valence electrons. The third-order valence-electron chi connectivity index (χ3n) is 1.97. The van der Waals surface area contributed by atoms with E-state index in [-0.39, 0.29) is 6.03 Å². The lowest BCUT2D eigenvalue weighted by Crippen LogP contribution is -2.28. The average Bonchev–Trinajstić information content (AvgIpc) is 2.18. The van der Waals surface area contributed by atoms with Crippen molar-refractivity contribution in [2.45, 2.75) is 13.8 Å². The van der Waals surface area contributed by atoms with Gasteiger partial charge in [-0.05, 0) is 25.5 Å².